The highest BCUT2D eigenvalue weighted by Gasteiger charge is 2.08. The first-order chi connectivity index (χ1) is 6.69. The molecule has 0 saturated heterocycles. The molecular weight excluding hydrogens is 206 g/mol. The molecule has 1 amide bonds. The van der Waals surface area contributed by atoms with Gasteiger partial charge >= 0.3 is 6.09 Å². The second-order valence-corrected chi connectivity index (χ2v) is 2.95. The van der Waals surface area contributed by atoms with Gasteiger partial charge in [-0.15, -0.1) is 0 Å². The molecule has 0 aromatic heterocycles. The lowest BCUT2D eigenvalue weighted by Gasteiger charge is -2.09. The fraction of sp³-hybridized carbons (Fsp3) is 0.222. The number of ether oxygens (including phenoxy) is 1. The number of aliphatic hydroxyl groups excluding tert-OH is 1. The van der Waals surface area contributed by atoms with Crippen LogP contribution < -0.4 is 5.32 Å². The van der Waals surface area contributed by atoms with E-state index < -0.39 is 6.09 Å². The molecule has 0 aliphatic heterocycles. The van der Waals surface area contributed by atoms with E-state index >= 15 is 0 Å². The van der Waals surface area contributed by atoms with Crippen molar-refractivity contribution < 1.29 is 14.6 Å². The van der Waals surface area contributed by atoms with Crippen LogP contribution in [0.4, 0.5) is 10.5 Å². The van der Waals surface area contributed by atoms with Crippen LogP contribution in [-0.4, -0.2) is 18.3 Å². The third-order valence-corrected chi connectivity index (χ3v) is 2.05. The summed E-state index contributed by atoms with van der Waals surface area (Å²) in [4.78, 5) is 10.9. The molecule has 4 nitrogen and oxygen atoms in total. The van der Waals surface area contributed by atoms with Gasteiger partial charge in [0.15, 0.2) is 0 Å². The highest BCUT2D eigenvalue weighted by Crippen LogP contribution is 2.24. The molecule has 0 aliphatic rings. The summed E-state index contributed by atoms with van der Waals surface area (Å²) in [6, 6.07) is 4.94. The molecule has 1 rings (SSSR count). The van der Waals surface area contributed by atoms with Crippen LogP contribution in [0.15, 0.2) is 18.2 Å². The van der Waals surface area contributed by atoms with Crippen LogP contribution in [0.2, 0.25) is 5.02 Å². The van der Waals surface area contributed by atoms with Gasteiger partial charge in [-0.2, -0.15) is 0 Å². The summed E-state index contributed by atoms with van der Waals surface area (Å²) in [5, 5.41) is 11.9. The Hall–Kier alpha value is -1.26. The topological polar surface area (TPSA) is 58.6 Å². The monoisotopic (exact) mass is 215 g/mol. The molecule has 0 fully saturated rings. The molecule has 0 radical (unpaired) electrons. The average molecular weight is 216 g/mol. The Morgan fingerprint density at radius 1 is 1.64 bits per heavy atom. The molecule has 0 bridgehead atoms. The maximum atomic E-state index is 10.9. The number of carbonyl (C=O) groups is 1. The quantitative estimate of drug-likeness (QED) is 0.794. The highest BCUT2D eigenvalue weighted by atomic mass is 35.5. The van der Waals surface area contributed by atoms with Crippen LogP contribution in [0.25, 0.3) is 0 Å². The van der Waals surface area contributed by atoms with E-state index in [1.807, 2.05) is 0 Å². The Morgan fingerprint density at radius 2 is 2.36 bits per heavy atom. The van der Waals surface area contributed by atoms with Crippen molar-refractivity contribution in [2.45, 2.75) is 6.61 Å². The van der Waals surface area contributed by atoms with E-state index in [1.54, 1.807) is 18.2 Å². The van der Waals surface area contributed by atoms with Gasteiger partial charge in [0, 0.05) is 10.6 Å². The fourth-order valence-corrected chi connectivity index (χ4v) is 1.23. The zero-order valence-corrected chi connectivity index (χ0v) is 8.34. The van der Waals surface area contributed by atoms with Gasteiger partial charge in [0.2, 0.25) is 0 Å². The first-order valence-corrected chi connectivity index (χ1v) is 4.30. The average Bonchev–Trinajstić information content (AvgIpc) is 2.18. The van der Waals surface area contributed by atoms with E-state index in [4.69, 9.17) is 16.7 Å². The molecule has 0 aliphatic carbocycles. The minimum atomic E-state index is -0.595. The molecule has 0 heterocycles. The molecule has 5 heteroatoms. The number of hydrogen-bond acceptors (Lipinski definition) is 3. The lowest BCUT2D eigenvalue weighted by atomic mass is 10.2. The van der Waals surface area contributed by atoms with Gasteiger partial charge in [-0.05, 0) is 12.1 Å². The van der Waals surface area contributed by atoms with Crippen LogP contribution in [0, 0.1) is 0 Å². The van der Waals surface area contributed by atoms with E-state index in [0.29, 0.717) is 16.3 Å². The molecule has 0 unspecified atom stereocenters. The summed E-state index contributed by atoms with van der Waals surface area (Å²) >= 11 is 5.80. The van der Waals surface area contributed by atoms with Crippen molar-refractivity contribution in [2.24, 2.45) is 0 Å². The second-order valence-electron chi connectivity index (χ2n) is 2.54. The summed E-state index contributed by atoms with van der Waals surface area (Å²) in [6.07, 6.45) is -0.595. The smallest absolute Gasteiger partial charge is 0.411 e. The SMILES string of the molecule is COC(=O)Nc1cccc(Cl)c1CO. The molecule has 1 aromatic rings. The molecular formula is C9H10ClNO3. The van der Waals surface area contributed by atoms with Crippen LogP contribution in [0.5, 0.6) is 0 Å². The number of benzene rings is 1. The molecule has 0 saturated carbocycles. The Morgan fingerprint density at radius 3 is 2.93 bits per heavy atom. The maximum absolute atomic E-state index is 10.9. The Bertz CT molecular complexity index is 341. The predicted octanol–water partition coefficient (Wildman–Crippen LogP) is 2.01. The van der Waals surface area contributed by atoms with Gasteiger partial charge in [0.05, 0.1) is 19.4 Å². The lowest BCUT2D eigenvalue weighted by Crippen LogP contribution is -2.12. The third kappa shape index (κ3) is 2.37. The number of halogens is 1. The van der Waals surface area contributed by atoms with Crippen molar-refractivity contribution in [3.63, 3.8) is 0 Å². The van der Waals surface area contributed by atoms with Crippen molar-refractivity contribution in [1.82, 2.24) is 0 Å². The van der Waals surface area contributed by atoms with Crippen molar-refractivity contribution >= 4 is 23.4 Å². The number of hydrogen-bond donors (Lipinski definition) is 2. The number of nitrogens with one attached hydrogen (secondary N) is 1. The van der Waals surface area contributed by atoms with Gasteiger partial charge < -0.3 is 9.84 Å². The number of anilines is 1. The van der Waals surface area contributed by atoms with Crippen LogP contribution in [-0.2, 0) is 11.3 Å². The number of amides is 1. The largest absolute Gasteiger partial charge is 0.453 e. The molecule has 76 valence electrons. The van der Waals surface area contributed by atoms with Gasteiger partial charge in [-0.3, -0.25) is 5.32 Å². The van der Waals surface area contributed by atoms with E-state index in [1.165, 1.54) is 7.11 Å². The zero-order chi connectivity index (χ0) is 10.6. The molecule has 14 heavy (non-hydrogen) atoms. The fourth-order valence-electron chi connectivity index (χ4n) is 0.997. The molecule has 2 N–H and O–H groups in total. The minimum absolute atomic E-state index is 0.237. The van der Waals surface area contributed by atoms with Gasteiger partial charge in [-0.1, -0.05) is 17.7 Å². The standard InChI is InChI=1S/C9H10ClNO3/c1-14-9(13)11-8-4-2-3-7(10)6(8)5-12/h2-4,12H,5H2,1H3,(H,11,13). The van der Waals surface area contributed by atoms with Gasteiger partial charge in [0.1, 0.15) is 0 Å². The van der Waals surface area contributed by atoms with Gasteiger partial charge in [-0.25, -0.2) is 4.79 Å². The van der Waals surface area contributed by atoms with Crippen LogP contribution in [0.3, 0.4) is 0 Å². The normalized spacial score (nSPS) is 9.64. The zero-order valence-electron chi connectivity index (χ0n) is 7.58. The van der Waals surface area contributed by atoms with E-state index in [0.717, 1.165) is 0 Å². The van der Waals surface area contributed by atoms with Crippen molar-refractivity contribution in [2.75, 3.05) is 12.4 Å². The maximum Gasteiger partial charge on any atom is 0.411 e. The number of rotatable bonds is 2. The highest BCUT2D eigenvalue weighted by molar-refractivity contribution is 6.31. The Balaban J connectivity index is 2.96. The predicted molar refractivity (Wildman–Crippen MR) is 53.4 cm³/mol. The van der Waals surface area contributed by atoms with Crippen molar-refractivity contribution in [3.05, 3.63) is 28.8 Å². The summed E-state index contributed by atoms with van der Waals surface area (Å²) < 4.78 is 4.42. The molecule has 1 aromatic carbocycles. The Kier molecular flexibility index (Phi) is 3.73. The van der Waals surface area contributed by atoms with Crippen molar-refractivity contribution in [3.8, 4) is 0 Å². The second kappa shape index (κ2) is 4.83. The summed E-state index contributed by atoms with van der Waals surface area (Å²) in [5.74, 6) is 0. The van der Waals surface area contributed by atoms with Gasteiger partial charge in [0.25, 0.3) is 0 Å². The minimum Gasteiger partial charge on any atom is -0.453 e. The summed E-state index contributed by atoms with van der Waals surface area (Å²) in [5.41, 5.74) is 0.923. The molecule has 0 spiro atoms. The van der Waals surface area contributed by atoms with Crippen LogP contribution in [0.1, 0.15) is 5.56 Å². The summed E-state index contributed by atoms with van der Waals surface area (Å²) in [7, 11) is 1.26. The number of aliphatic hydroxyl groups is 1. The first-order valence-electron chi connectivity index (χ1n) is 3.92. The van der Waals surface area contributed by atoms with E-state index in [2.05, 4.69) is 10.1 Å². The summed E-state index contributed by atoms with van der Waals surface area (Å²) in [6.45, 7) is -0.237. The third-order valence-electron chi connectivity index (χ3n) is 1.70. The van der Waals surface area contributed by atoms with Crippen molar-refractivity contribution in [1.29, 1.82) is 0 Å². The number of carbonyl (C=O) groups excluding carboxylic acids is 1. The Labute approximate surface area is 86.4 Å². The molecule has 0 atom stereocenters. The lowest BCUT2D eigenvalue weighted by molar-refractivity contribution is 0.187. The number of methoxy groups -OCH3 is 1. The first kappa shape index (κ1) is 10.8. The van der Waals surface area contributed by atoms with Crippen LogP contribution >= 0.6 is 11.6 Å². The van der Waals surface area contributed by atoms with E-state index in [-0.39, 0.29) is 6.61 Å². The van der Waals surface area contributed by atoms with E-state index in [9.17, 15) is 4.79 Å².